The lowest BCUT2D eigenvalue weighted by atomic mass is 10.2. The van der Waals surface area contributed by atoms with Crippen LogP contribution in [0.4, 0.5) is 27.6 Å². The fourth-order valence-electron chi connectivity index (χ4n) is 4.29. The molecule has 1 fully saturated rings. The largest absolute Gasteiger partial charge is 0.488 e. The molecular weight excluding hydrogens is 525 g/mol. The first-order chi connectivity index (χ1) is 18.6. The molecule has 13 heteroatoms. The quantitative estimate of drug-likeness (QED) is 0.293. The van der Waals surface area contributed by atoms with E-state index in [2.05, 4.69) is 10.2 Å². The minimum atomic E-state index is -4.23. The van der Waals surface area contributed by atoms with E-state index < -0.39 is 37.2 Å². The van der Waals surface area contributed by atoms with Gasteiger partial charge < -0.3 is 14.4 Å². The van der Waals surface area contributed by atoms with Crippen LogP contribution in [0, 0.1) is 0 Å². The van der Waals surface area contributed by atoms with E-state index in [4.69, 9.17) is 9.47 Å². The molecule has 8 nitrogen and oxygen atoms in total. The molecule has 0 saturated carbocycles. The van der Waals surface area contributed by atoms with Crippen LogP contribution in [-0.2, 0) is 0 Å². The summed E-state index contributed by atoms with van der Waals surface area (Å²) < 4.78 is 81.9. The van der Waals surface area contributed by atoms with Gasteiger partial charge in [-0.1, -0.05) is 18.2 Å². The topological polar surface area (TPSA) is 74.4 Å². The van der Waals surface area contributed by atoms with Crippen molar-refractivity contribution >= 4 is 5.69 Å². The van der Waals surface area contributed by atoms with E-state index in [0.29, 0.717) is 11.4 Å². The van der Waals surface area contributed by atoms with Gasteiger partial charge in [0.1, 0.15) is 5.69 Å². The third kappa shape index (κ3) is 4.79. The molecule has 39 heavy (non-hydrogen) atoms. The van der Waals surface area contributed by atoms with Crippen molar-refractivity contribution in [3.05, 3.63) is 77.2 Å². The molecule has 4 aromatic rings. The highest BCUT2D eigenvalue weighted by atomic mass is 19.3. The van der Waals surface area contributed by atoms with Crippen molar-refractivity contribution in [3.8, 4) is 34.3 Å². The van der Waals surface area contributed by atoms with Crippen LogP contribution in [0.1, 0.15) is 6.92 Å². The van der Waals surface area contributed by atoms with E-state index in [1.807, 2.05) is 6.07 Å². The fourth-order valence-corrected chi connectivity index (χ4v) is 4.29. The predicted octanol–water partition coefficient (Wildman–Crippen LogP) is 4.88. The van der Waals surface area contributed by atoms with Crippen molar-refractivity contribution in [2.24, 2.45) is 0 Å². The summed E-state index contributed by atoms with van der Waals surface area (Å²) in [6.07, 6.45) is 2.77. The third-order valence-corrected chi connectivity index (χ3v) is 6.15. The van der Waals surface area contributed by atoms with E-state index in [-0.39, 0.29) is 35.2 Å². The zero-order valence-corrected chi connectivity index (χ0v) is 20.5. The first-order valence-electron chi connectivity index (χ1n) is 11.9. The van der Waals surface area contributed by atoms with Crippen molar-refractivity contribution < 1.29 is 31.4 Å². The summed E-state index contributed by atoms with van der Waals surface area (Å²) in [4.78, 5) is 14.1. The maximum absolute atomic E-state index is 13.8. The Morgan fingerprint density at radius 3 is 2.31 bits per heavy atom. The van der Waals surface area contributed by atoms with Crippen LogP contribution in [0.5, 0.6) is 11.5 Å². The number of hydrogen-bond acceptors (Lipinski definition) is 6. The highest BCUT2D eigenvalue weighted by molar-refractivity contribution is 5.62. The van der Waals surface area contributed by atoms with Gasteiger partial charge in [0.15, 0.2) is 17.2 Å². The fraction of sp³-hybridized carbons (Fsp3) is 0.269. The summed E-state index contributed by atoms with van der Waals surface area (Å²) in [5, 5.41) is 8.73. The molecule has 0 atom stereocenters. The second kappa shape index (κ2) is 10.0. The van der Waals surface area contributed by atoms with Crippen molar-refractivity contribution in [2.45, 2.75) is 18.8 Å². The Hall–Kier alpha value is -4.42. The molecule has 0 amide bonds. The van der Waals surface area contributed by atoms with Crippen molar-refractivity contribution in [1.29, 1.82) is 0 Å². The molecular formula is C26H22F5N5O3. The number of halogens is 5. The Morgan fingerprint density at radius 2 is 1.64 bits per heavy atom. The van der Waals surface area contributed by atoms with Gasteiger partial charge in [0, 0.05) is 11.8 Å². The van der Waals surface area contributed by atoms with Gasteiger partial charge >= 0.3 is 11.8 Å². The van der Waals surface area contributed by atoms with Crippen molar-refractivity contribution in [2.75, 3.05) is 31.5 Å². The van der Waals surface area contributed by atoms with Crippen LogP contribution in [0.25, 0.3) is 22.8 Å². The highest BCUT2D eigenvalue weighted by Crippen LogP contribution is 2.43. The summed E-state index contributed by atoms with van der Waals surface area (Å²) in [5.74, 6) is -8.70. The molecule has 0 radical (unpaired) electrons. The third-order valence-electron chi connectivity index (χ3n) is 6.15. The standard InChI is InChI=1S/C26H22F5N5O3/c1-2-38-22-13-35(33-23(24(22)37)20-10-11-32-36(20)17-6-4-3-5-7-17)19-9-8-18(12-21(19)39-16-27)34-14-25(28,29)26(30,31)15-34/h3-13H,2,14-16H2,1H3. The number of para-hydroxylation sites is 1. The normalized spacial score (nSPS) is 15.9. The van der Waals surface area contributed by atoms with E-state index in [0.717, 1.165) is 4.90 Å². The van der Waals surface area contributed by atoms with Crippen LogP contribution < -0.4 is 19.8 Å². The number of hydrogen-bond donors (Lipinski definition) is 0. The Labute approximate surface area is 218 Å². The average Bonchev–Trinajstić information content (AvgIpc) is 3.48. The molecule has 0 bridgehead atoms. The summed E-state index contributed by atoms with van der Waals surface area (Å²) >= 11 is 0. The van der Waals surface area contributed by atoms with E-state index in [1.165, 1.54) is 40.0 Å². The van der Waals surface area contributed by atoms with Crippen molar-refractivity contribution in [1.82, 2.24) is 19.6 Å². The zero-order chi connectivity index (χ0) is 27.8. The van der Waals surface area contributed by atoms with E-state index in [9.17, 15) is 26.7 Å². The molecule has 0 aliphatic carbocycles. The summed E-state index contributed by atoms with van der Waals surface area (Å²) in [6, 6.07) is 14.4. The zero-order valence-electron chi connectivity index (χ0n) is 20.5. The van der Waals surface area contributed by atoms with Crippen LogP contribution in [0.15, 0.2) is 71.8 Å². The maximum Gasteiger partial charge on any atom is 0.329 e. The Morgan fingerprint density at radius 1 is 0.923 bits per heavy atom. The minimum Gasteiger partial charge on any atom is -0.488 e. The molecule has 2 aromatic heterocycles. The van der Waals surface area contributed by atoms with Crippen LogP contribution in [0.2, 0.25) is 0 Å². The second-order valence-electron chi connectivity index (χ2n) is 8.68. The van der Waals surface area contributed by atoms with Gasteiger partial charge in [-0.2, -0.15) is 27.8 Å². The monoisotopic (exact) mass is 547 g/mol. The van der Waals surface area contributed by atoms with E-state index >= 15 is 0 Å². The summed E-state index contributed by atoms with van der Waals surface area (Å²) in [6.45, 7) is -1.89. The molecule has 2 aromatic carbocycles. The second-order valence-corrected chi connectivity index (χ2v) is 8.68. The Bertz CT molecular complexity index is 1520. The minimum absolute atomic E-state index is 0.0208. The molecule has 1 aliphatic rings. The van der Waals surface area contributed by atoms with E-state index in [1.54, 1.807) is 37.3 Å². The lowest BCUT2D eigenvalue weighted by Crippen LogP contribution is -2.38. The van der Waals surface area contributed by atoms with Crippen LogP contribution >= 0.6 is 0 Å². The Balaban J connectivity index is 1.62. The van der Waals surface area contributed by atoms with Gasteiger partial charge in [0.25, 0.3) is 5.43 Å². The molecule has 0 spiro atoms. The van der Waals surface area contributed by atoms with Gasteiger partial charge in [-0.15, -0.1) is 0 Å². The lowest BCUT2D eigenvalue weighted by Gasteiger charge is -2.20. The smallest absolute Gasteiger partial charge is 0.329 e. The predicted molar refractivity (Wildman–Crippen MR) is 132 cm³/mol. The van der Waals surface area contributed by atoms with Crippen LogP contribution in [0.3, 0.4) is 0 Å². The van der Waals surface area contributed by atoms with Gasteiger partial charge in [-0.3, -0.25) is 4.79 Å². The van der Waals surface area contributed by atoms with Gasteiger partial charge in [0.2, 0.25) is 6.86 Å². The Kier molecular flexibility index (Phi) is 6.74. The highest BCUT2D eigenvalue weighted by Gasteiger charge is 2.63. The van der Waals surface area contributed by atoms with Gasteiger partial charge in [-0.25, -0.2) is 13.8 Å². The number of alkyl halides is 5. The molecule has 1 aliphatic heterocycles. The molecule has 0 unspecified atom stereocenters. The van der Waals surface area contributed by atoms with Gasteiger partial charge in [-0.05, 0) is 37.3 Å². The van der Waals surface area contributed by atoms with Crippen LogP contribution in [-0.4, -0.2) is 58.0 Å². The molecule has 5 rings (SSSR count). The number of aromatic nitrogens is 4. The number of nitrogens with zero attached hydrogens (tertiary/aromatic N) is 5. The maximum atomic E-state index is 13.8. The number of ether oxygens (including phenoxy) is 2. The first-order valence-corrected chi connectivity index (χ1v) is 11.9. The molecule has 0 N–H and O–H groups in total. The average molecular weight is 547 g/mol. The van der Waals surface area contributed by atoms with Crippen molar-refractivity contribution in [3.63, 3.8) is 0 Å². The SMILES string of the molecule is CCOc1cn(-c2ccc(N3CC(F)(F)C(F)(F)C3)cc2OCF)nc(-c2ccnn2-c2ccccc2)c1=O. The summed E-state index contributed by atoms with van der Waals surface area (Å²) in [7, 11) is 0. The number of rotatable bonds is 8. The first kappa shape index (κ1) is 26.2. The molecule has 3 heterocycles. The summed E-state index contributed by atoms with van der Waals surface area (Å²) in [5.41, 5.74) is 0.521. The number of benzene rings is 2. The number of anilines is 1. The lowest BCUT2D eigenvalue weighted by molar-refractivity contribution is -0.172. The molecule has 1 saturated heterocycles. The van der Waals surface area contributed by atoms with Gasteiger partial charge in [0.05, 0.1) is 43.5 Å². The molecule has 204 valence electrons.